The molecule has 0 aliphatic rings. The molecule has 0 fully saturated rings. The number of aryl methyl sites for hydroxylation is 2. The van der Waals surface area contributed by atoms with Crippen LogP contribution in [0.15, 0.2) is 52.0 Å². The van der Waals surface area contributed by atoms with Crippen LogP contribution >= 0.6 is 15.9 Å². The number of hydrogen-bond donors (Lipinski definition) is 1. The van der Waals surface area contributed by atoms with E-state index in [1.54, 1.807) is 36.5 Å². The van der Waals surface area contributed by atoms with E-state index in [-0.39, 0.29) is 11.5 Å². The smallest absolute Gasteiger partial charge is 0.268 e. The predicted octanol–water partition coefficient (Wildman–Crippen LogP) is 3.75. The van der Waals surface area contributed by atoms with Gasteiger partial charge in [-0.1, -0.05) is 33.6 Å². The number of aliphatic hydroxyl groups excluding tert-OH is 1. The summed E-state index contributed by atoms with van der Waals surface area (Å²) in [6.45, 7) is 3.61. The Morgan fingerprint density at radius 1 is 1.13 bits per heavy atom. The first kappa shape index (κ1) is 16.2. The Balaban J connectivity index is 2.31. The molecule has 120 valence electrons. The van der Waals surface area contributed by atoms with Crippen molar-refractivity contribution in [3.8, 4) is 0 Å². The first-order valence-corrected chi connectivity index (χ1v) is 9.31. The Labute approximate surface area is 143 Å². The number of halogens is 1. The summed E-state index contributed by atoms with van der Waals surface area (Å²) in [5.41, 5.74) is 3.11. The monoisotopic (exact) mass is 393 g/mol. The molecular weight excluding hydrogens is 378 g/mol. The summed E-state index contributed by atoms with van der Waals surface area (Å²) < 4.78 is 28.0. The summed E-state index contributed by atoms with van der Waals surface area (Å²) in [7, 11) is -3.68. The summed E-state index contributed by atoms with van der Waals surface area (Å²) >= 11 is 3.42. The zero-order valence-corrected chi connectivity index (χ0v) is 15.1. The molecule has 0 saturated carbocycles. The second-order valence-corrected chi connectivity index (χ2v) is 8.17. The average molecular weight is 394 g/mol. The molecule has 6 heteroatoms. The molecule has 0 radical (unpaired) electrons. The summed E-state index contributed by atoms with van der Waals surface area (Å²) in [5.74, 6) is 0. The van der Waals surface area contributed by atoms with Crippen molar-refractivity contribution < 1.29 is 13.5 Å². The minimum Gasteiger partial charge on any atom is -0.392 e. The lowest BCUT2D eigenvalue weighted by Gasteiger charge is -2.12. The van der Waals surface area contributed by atoms with Gasteiger partial charge in [-0.05, 0) is 43.7 Å². The number of hydrogen-bond acceptors (Lipinski definition) is 3. The standard InChI is InChI=1S/C17H16BrNO3S/c1-11-3-5-13(6-4-11)23(21,22)19-8-7-14-15(10-20)16(18)9-12(2)17(14)19/h3-9,20H,10H2,1-2H3. The summed E-state index contributed by atoms with van der Waals surface area (Å²) in [5, 5.41) is 10.3. The zero-order valence-electron chi connectivity index (χ0n) is 12.7. The van der Waals surface area contributed by atoms with Crippen molar-refractivity contribution in [2.75, 3.05) is 0 Å². The van der Waals surface area contributed by atoms with Crippen LogP contribution in [0.4, 0.5) is 0 Å². The molecule has 2 aromatic carbocycles. The lowest BCUT2D eigenvalue weighted by Crippen LogP contribution is -2.12. The molecule has 23 heavy (non-hydrogen) atoms. The van der Waals surface area contributed by atoms with Gasteiger partial charge >= 0.3 is 0 Å². The molecule has 1 N–H and O–H groups in total. The Hall–Kier alpha value is -1.63. The van der Waals surface area contributed by atoms with Crippen LogP contribution in [-0.4, -0.2) is 17.5 Å². The number of rotatable bonds is 3. The fourth-order valence-corrected chi connectivity index (χ4v) is 4.80. The second-order valence-electron chi connectivity index (χ2n) is 5.50. The molecule has 4 nitrogen and oxygen atoms in total. The van der Waals surface area contributed by atoms with Gasteiger partial charge in [0.1, 0.15) is 0 Å². The van der Waals surface area contributed by atoms with Gasteiger partial charge in [0.05, 0.1) is 17.0 Å². The largest absolute Gasteiger partial charge is 0.392 e. The minimum absolute atomic E-state index is 0.161. The first-order chi connectivity index (χ1) is 10.9. The molecule has 0 bridgehead atoms. The highest BCUT2D eigenvalue weighted by Gasteiger charge is 2.21. The van der Waals surface area contributed by atoms with Crippen molar-refractivity contribution in [3.05, 3.63) is 63.8 Å². The van der Waals surface area contributed by atoms with Crippen molar-refractivity contribution in [1.82, 2.24) is 3.97 Å². The van der Waals surface area contributed by atoms with Gasteiger partial charge in [0.15, 0.2) is 0 Å². The maximum absolute atomic E-state index is 12.9. The van der Waals surface area contributed by atoms with Gasteiger partial charge in [-0.3, -0.25) is 0 Å². The Bertz CT molecular complexity index is 989. The highest BCUT2D eigenvalue weighted by atomic mass is 79.9. The number of benzene rings is 2. The van der Waals surface area contributed by atoms with E-state index in [0.29, 0.717) is 11.1 Å². The third kappa shape index (κ3) is 2.60. The fraction of sp³-hybridized carbons (Fsp3) is 0.176. The van der Waals surface area contributed by atoms with Crippen LogP contribution < -0.4 is 0 Å². The van der Waals surface area contributed by atoms with Gasteiger partial charge in [0.2, 0.25) is 0 Å². The van der Waals surface area contributed by atoms with Gasteiger partial charge in [-0.15, -0.1) is 0 Å². The molecule has 0 aliphatic heterocycles. The summed E-state index contributed by atoms with van der Waals surface area (Å²) in [4.78, 5) is 0.244. The molecule has 0 aliphatic carbocycles. The van der Waals surface area contributed by atoms with E-state index in [1.165, 1.54) is 3.97 Å². The molecule has 1 aromatic heterocycles. The van der Waals surface area contributed by atoms with Crippen molar-refractivity contribution in [3.63, 3.8) is 0 Å². The molecule has 1 heterocycles. The van der Waals surface area contributed by atoms with Crippen LogP contribution in [0.25, 0.3) is 10.9 Å². The van der Waals surface area contributed by atoms with E-state index in [9.17, 15) is 13.5 Å². The highest BCUT2D eigenvalue weighted by molar-refractivity contribution is 9.10. The normalized spacial score (nSPS) is 12.0. The van der Waals surface area contributed by atoms with Crippen LogP contribution in [0.5, 0.6) is 0 Å². The van der Waals surface area contributed by atoms with Gasteiger partial charge in [0.25, 0.3) is 10.0 Å². The number of aromatic nitrogens is 1. The number of fused-ring (bicyclic) bond motifs is 1. The molecule has 0 atom stereocenters. The maximum atomic E-state index is 12.9. The van der Waals surface area contributed by atoms with Crippen molar-refractivity contribution >= 4 is 36.9 Å². The molecule has 0 spiro atoms. The zero-order chi connectivity index (χ0) is 16.8. The van der Waals surface area contributed by atoms with Crippen molar-refractivity contribution in [2.45, 2.75) is 25.3 Å². The maximum Gasteiger partial charge on any atom is 0.268 e. The number of nitrogens with zero attached hydrogens (tertiary/aromatic N) is 1. The van der Waals surface area contributed by atoms with Gasteiger partial charge in [-0.2, -0.15) is 0 Å². The highest BCUT2D eigenvalue weighted by Crippen LogP contribution is 2.32. The summed E-state index contributed by atoms with van der Waals surface area (Å²) in [6, 6.07) is 10.3. The van der Waals surface area contributed by atoms with Crippen LogP contribution in [0.2, 0.25) is 0 Å². The molecular formula is C17H16BrNO3S. The van der Waals surface area contributed by atoms with E-state index in [1.807, 2.05) is 19.9 Å². The molecule has 3 rings (SSSR count). The second kappa shape index (κ2) is 5.78. The topological polar surface area (TPSA) is 59.3 Å². The van der Waals surface area contributed by atoms with E-state index in [2.05, 4.69) is 15.9 Å². The van der Waals surface area contributed by atoms with Crippen molar-refractivity contribution in [2.24, 2.45) is 0 Å². The lowest BCUT2D eigenvalue weighted by molar-refractivity contribution is 0.282. The van der Waals surface area contributed by atoms with E-state index >= 15 is 0 Å². The number of aliphatic hydroxyl groups is 1. The van der Waals surface area contributed by atoms with Crippen LogP contribution in [0, 0.1) is 13.8 Å². The first-order valence-electron chi connectivity index (χ1n) is 7.08. The molecule has 3 aromatic rings. The Morgan fingerprint density at radius 2 is 1.78 bits per heavy atom. The van der Waals surface area contributed by atoms with Crippen LogP contribution in [0.1, 0.15) is 16.7 Å². The average Bonchev–Trinajstić information content (AvgIpc) is 2.94. The third-order valence-electron chi connectivity index (χ3n) is 3.92. The Morgan fingerprint density at radius 3 is 2.39 bits per heavy atom. The van der Waals surface area contributed by atoms with Crippen LogP contribution in [-0.2, 0) is 16.6 Å². The SMILES string of the molecule is Cc1ccc(S(=O)(=O)n2ccc3c(CO)c(Br)cc(C)c32)cc1. The predicted molar refractivity (Wildman–Crippen MR) is 94.1 cm³/mol. The van der Waals surface area contributed by atoms with E-state index in [0.717, 1.165) is 21.0 Å². The Kier molecular flexibility index (Phi) is 4.08. The van der Waals surface area contributed by atoms with Gasteiger partial charge in [-0.25, -0.2) is 12.4 Å². The molecule has 0 amide bonds. The van der Waals surface area contributed by atoms with Gasteiger partial charge < -0.3 is 5.11 Å². The minimum atomic E-state index is -3.68. The van der Waals surface area contributed by atoms with Crippen LogP contribution in [0.3, 0.4) is 0 Å². The van der Waals surface area contributed by atoms with Gasteiger partial charge in [0, 0.05) is 21.6 Å². The van der Waals surface area contributed by atoms with E-state index < -0.39 is 10.0 Å². The lowest BCUT2D eigenvalue weighted by atomic mass is 10.1. The molecule has 0 saturated heterocycles. The van der Waals surface area contributed by atoms with E-state index in [4.69, 9.17) is 0 Å². The third-order valence-corrected chi connectivity index (χ3v) is 6.32. The van der Waals surface area contributed by atoms with Crippen molar-refractivity contribution in [1.29, 1.82) is 0 Å². The summed E-state index contributed by atoms with van der Waals surface area (Å²) in [6.07, 6.45) is 1.54. The molecule has 0 unspecified atom stereocenters. The fourth-order valence-electron chi connectivity index (χ4n) is 2.70. The quantitative estimate of drug-likeness (QED) is 0.736.